The molecule has 16 rings (SSSR count). The lowest BCUT2D eigenvalue weighted by Gasteiger charge is -2.51. The molecule has 2 aromatic heterocycles. The van der Waals surface area contributed by atoms with Crippen molar-refractivity contribution in [2.24, 2.45) is 0 Å². The van der Waals surface area contributed by atoms with E-state index in [1.807, 2.05) is 0 Å². The molecule has 0 unspecified atom stereocenters. The molecular formula is C64H43BN2O2Si. The molecule has 4 aliphatic rings. The summed E-state index contributed by atoms with van der Waals surface area (Å²) in [6, 6.07) is 77.5. The van der Waals surface area contributed by atoms with Crippen LogP contribution in [0, 0.1) is 0 Å². The van der Waals surface area contributed by atoms with E-state index in [1.165, 1.54) is 82.0 Å². The summed E-state index contributed by atoms with van der Waals surface area (Å²) in [5.74, 6) is 0. The lowest BCUT2D eigenvalue weighted by atomic mass is 9.43. The second kappa shape index (κ2) is 13.5. The van der Waals surface area contributed by atoms with Crippen molar-refractivity contribution >= 4 is 119 Å². The quantitative estimate of drug-likeness (QED) is 0.162. The fourth-order valence-electron chi connectivity index (χ4n) is 13.4. The van der Waals surface area contributed by atoms with Crippen LogP contribution in [0.25, 0.3) is 77.3 Å². The second-order valence-electron chi connectivity index (χ2n) is 20.6. The van der Waals surface area contributed by atoms with Gasteiger partial charge in [0.25, 0.3) is 0 Å². The Hall–Kier alpha value is -8.32. The van der Waals surface area contributed by atoms with Crippen molar-refractivity contribution in [2.45, 2.75) is 26.2 Å². The van der Waals surface area contributed by atoms with Crippen LogP contribution >= 0.6 is 0 Å². The molecule has 10 aromatic carbocycles. The van der Waals surface area contributed by atoms with Gasteiger partial charge in [-0.2, -0.15) is 0 Å². The number of rotatable bonds is 2. The van der Waals surface area contributed by atoms with E-state index in [4.69, 9.17) is 8.83 Å². The monoisotopic (exact) mass is 910 g/mol. The van der Waals surface area contributed by atoms with Gasteiger partial charge in [0.05, 0.1) is 16.8 Å². The summed E-state index contributed by atoms with van der Waals surface area (Å²) < 4.78 is 14.1. The van der Waals surface area contributed by atoms with Gasteiger partial charge in [-0.1, -0.05) is 185 Å². The Kier molecular flexibility index (Phi) is 7.43. The summed E-state index contributed by atoms with van der Waals surface area (Å²) in [7, 11) is -2.91. The number of nitrogens with zero attached hydrogens (tertiary/aromatic N) is 2. The maximum absolute atomic E-state index is 7.26. The SMILES string of the molecule is CC(C)(C)c1ccc(N2c3cc4c(oc5ccccc54)c4c3B(c3ccc5oc6ccccc6c5c32)N2c3ccccc3[Si]3(c5ccccc5-c5ccccc53)c3cccc-4c32)c(-c2ccccc2)c1. The van der Waals surface area contributed by atoms with Crippen molar-refractivity contribution in [3.05, 3.63) is 212 Å². The highest BCUT2D eigenvalue weighted by atomic mass is 28.3. The average Bonchev–Trinajstić information content (AvgIpc) is 4.07. The standard InChI is InChI=1S/C64H43BN2O2Si/c1-64(2,3)39-32-34-48(45(36-39)38-18-5-4-6-19-38)66-50-37-46-40-20-7-12-26-51(40)69-63(46)59-44-24-17-31-57-61(44)67(65(60(50)59)47-33-35-53-58(62(47)66)43-23-8-13-27-52(43)68-53)49-25-11-16-30-56(49)70(57)54-28-14-9-21-41(54)42-22-10-15-29-55(42)70/h4-37H,1-3H3. The van der Waals surface area contributed by atoms with Crippen molar-refractivity contribution in [3.8, 4) is 33.4 Å². The summed E-state index contributed by atoms with van der Waals surface area (Å²) >= 11 is 0. The van der Waals surface area contributed by atoms with Gasteiger partial charge in [0.15, 0.2) is 8.07 Å². The fourth-order valence-corrected chi connectivity index (χ4v) is 18.9. The average molecular weight is 911 g/mol. The number of furan rings is 2. The Labute approximate surface area is 406 Å². The lowest BCUT2D eigenvalue weighted by molar-refractivity contribution is 0.590. The second-order valence-corrected chi connectivity index (χ2v) is 24.3. The molecule has 6 heterocycles. The molecule has 4 aliphatic heterocycles. The minimum Gasteiger partial charge on any atom is -0.456 e. The third-order valence-electron chi connectivity index (χ3n) is 16.2. The highest BCUT2D eigenvalue weighted by Gasteiger charge is 2.58. The van der Waals surface area contributed by atoms with Crippen LogP contribution in [0.15, 0.2) is 215 Å². The number of benzene rings is 10. The molecule has 0 saturated heterocycles. The van der Waals surface area contributed by atoms with Crippen LogP contribution in [0.3, 0.4) is 0 Å². The van der Waals surface area contributed by atoms with Crippen LogP contribution in [-0.2, 0) is 5.41 Å². The fraction of sp³-hybridized carbons (Fsp3) is 0.0625. The zero-order valence-corrected chi connectivity index (χ0v) is 39.9. The van der Waals surface area contributed by atoms with Crippen molar-refractivity contribution in [1.29, 1.82) is 0 Å². The molecule has 70 heavy (non-hydrogen) atoms. The molecule has 4 nitrogen and oxygen atoms in total. The summed E-state index contributed by atoms with van der Waals surface area (Å²) in [6.45, 7) is 6.70. The van der Waals surface area contributed by atoms with Crippen LogP contribution in [0.2, 0.25) is 0 Å². The van der Waals surface area contributed by atoms with Gasteiger partial charge in [-0.25, -0.2) is 0 Å². The van der Waals surface area contributed by atoms with E-state index in [0.29, 0.717) is 0 Å². The molecular weight excluding hydrogens is 868 g/mol. The van der Waals surface area contributed by atoms with Crippen molar-refractivity contribution in [3.63, 3.8) is 0 Å². The Morgan fingerprint density at radius 3 is 1.86 bits per heavy atom. The Bertz CT molecular complexity index is 4230. The van der Waals surface area contributed by atoms with E-state index in [0.717, 1.165) is 60.9 Å². The van der Waals surface area contributed by atoms with E-state index >= 15 is 0 Å². The zero-order valence-electron chi connectivity index (χ0n) is 38.9. The van der Waals surface area contributed by atoms with E-state index in [1.54, 1.807) is 0 Å². The third-order valence-corrected chi connectivity index (χ3v) is 21.1. The first-order chi connectivity index (χ1) is 34.4. The first-order valence-corrected chi connectivity index (χ1v) is 26.5. The zero-order chi connectivity index (χ0) is 46.2. The number of para-hydroxylation sites is 4. The Morgan fingerprint density at radius 2 is 1.09 bits per heavy atom. The number of anilines is 5. The molecule has 12 aromatic rings. The minimum atomic E-state index is -2.91. The van der Waals surface area contributed by atoms with Crippen LogP contribution in [0.5, 0.6) is 0 Å². The van der Waals surface area contributed by atoms with Gasteiger partial charge < -0.3 is 18.5 Å². The topological polar surface area (TPSA) is 32.8 Å². The number of fused-ring (bicyclic) bond motifs is 21. The molecule has 0 bridgehead atoms. The van der Waals surface area contributed by atoms with Gasteiger partial charge in [0.1, 0.15) is 22.3 Å². The highest BCUT2D eigenvalue weighted by molar-refractivity contribution is 7.24. The predicted octanol–water partition coefficient (Wildman–Crippen LogP) is 12.8. The highest BCUT2D eigenvalue weighted by Crippen LogP contribution is 2.55. The first kappa shape index (κ1) is 38.6. The van der Waals surface area contributed by atoms with Crippen LogP contribution in [0.1, 0.15) is 26.3 Å². The Balaban J connectivity index is 1.12. The third kappa shape index (κ3) is 4.72. The van der Waals surface area contributed by atoms with Gasteiger partial charge in [0, 0.05) is 49.9 Å². The summed E-state index contributed by atoms with van der Waals surface area (Å²) in [4.78, 5) is 5.35. The van der Waals surface area contributed by atoms with Gasteiger partial charge in [-0.15, -0.1) is 0 Å². The van der Waals surface area contributed by atoms with E-state index in [-0.39, 0.29) is 12.3 Å². The molecule has 0 aliphatic carbocycles. The summed E-state index contributed by atoms with van der Waals surface area (Å²) in [6.07, 6.45) is 0. The molecule has 1 spiro atoms. The predicted molar refractivity (Wildman–Crippen MR) is 295 cm³/mol. The maximum atomic E-state index is 7.26. The van der Waals surface area contributed by atoms with Crippen molar-refractivity contribution < 1.29 is 8.83 Å². The Morgan fingerprint density at radius 1 is 0.443 bits per heavy atom. The van der Waals surface area contributed by atoms with Gasteiger partial charge in [0.2, 0.25) is 0 Å². The van der Waals surface area contributed by atoms with E-state index in [9.17, 15) is 0 Å². The molecule has 0 amide bonds. The molecule has 0 atom stereocenters. The maximum Gasteiger partial charge on any atom is 0.333 e. The van der Waals surface area contributed by atoms with Crippen LogP contribution < -0.4 is 41.4 Å². The van der Waals surface area contributed by atoms with Crippen LogP contribution in [-0.4, -0.2) is 14.9 Å². The number of hydrogen-bond donors (Lipinski definition) is 0. The van der Waals surface area contributed by atoms with Gasteiger partial charge in [-0.3, -0.25) is 0 Å². The minimum absolute atomic E-state index is 0.0706. The first-order valence-electron chi connectivity index (χ1n) is 24.5. The van der Waals surface area contributed by atoms with Gasteiger partial charge >= 0.3 is 6.85 Å². The molecule has 0 fully saturated rings. The number of hydrogen-bond acceptors (Lipinski definition) is 4. The van der Waals surface area contributed by atoms with Crippen LogP contribution in [0.4, 0.5) is 28.4 Å². The molecule has 0 N–H and O–H groups in total. The molecule has 6 heteroatoms. The largest absolute Gasteiger partial charge is 0.456 e. The molecule has 328 valence electrons. The molecule has 0 radical (unpaired) electrons. The van der Waals surface area contributed by atoms with Gasteiger partial charge in [-0.05, 0) is 102 Å². The smallest absolute Gasteiger partial charge is 0.333 e. The summed E-state index contributed by atoms with van der Waals surface area (Å²) in [5.41, 5.74) is 20.7. The van der Waals surface area contributed by atoms with Crippen molar-refractivity contribution in [2.75, 3.05) is 9.71 Å². The van der Waals surface area contributed by atoms with E-state index in [2.05, 4.69) is 237 Å². The normalized spacial score (nSPS) is 14.5. The summed E-state index contributed by atoms with van der Waals surface area (Å²) in [5, 5.41) is 10.2. The van der Waals surface area contributed by atoms with Crippen molar-refractivity contribution in [1.82, 2.24) is 0 Å². The molecule has 0 saturated carbocycles. The van der Waals surface area contributed by atoms with E-state index < -0.39 is 8.07 Å². The lowest BCUT2D eigenvalue weighted by Crippen LogP contribution is -2.78.